The minimum atomic E-state index is 0.0384. The number of hydrogen-bond acceptors (Lipinski definition) is 2. The summed E-state index contributed by atoms with van der Waals surface area (Å²) in [6.45, 7) is 4.67. The van der Waals surface area contributed by atoms with Gasteiger partial charge < -0.3 is 9.80 Å². The lowest BCUT2D eigenvalue weighted by molar-refractivity contribution is -0.131. The third-order valence-corrected chi connectivity index (χ3v) is 5.50. The second-order valence-corrected chi connectivity index (χ2v) is 7.93. The number of hydrogen-bond donors (Lipinski definition) is 0. The van der Waals surface area contributed by atoms with Crippen LogP contribution in [0, 0.1) is 6.92 Å². The first kappa shape index (κ1) is 19.6. The van der Waals surface area contributed by atoms with Crippen LogP contribution >= 0.6 is 15.9 Å². The molecule has 1 saturated heterocycles. The molecule has 1 heterocycles. The van der Waals surface area contributed by atoms with Crippen molar-refractivity contribution in [1.82, 2.24) is 9.80 Å². The van der Waals surface area contributed by atoms with Gasteiger partial charge in [0.1, 0.15) is 0 Å². The zero-order valence-electron chi connectivity index (χ0n) is 15.7. The molecule has 0 radical (unpaired) electrons. The fraction of sp³-hybridized carbons (Fsp3) is 0.364. The molecule has 0 unspecified atom stereocenters. The molecule has 142 valence electrons. The molecule has 2 aromatic carbocycles. The Balaban J connectivity index is 1.52. The van der Waals surface area contributed by atoms with E-state index in [-0.39, 0.29) is 11.8 Å². The Morgan fingerprint density at radius 1 is 0.889 bits per heavy atom. The van der Waals surface area contributed by atoms with Gasteiger partial charge in [-0.1, -0.05) is 45.8 Å². The highest BCUT2D eigenvalue weighted by Crippen LogP contribution is 2.15. The van der Waals surface area contributed by atoms with E-state index in [4.69, 9.17) is 0 Å². The zero-order chi connectivity index (χ0) is 19.2. The maximum Gasteiger partial charge on any atom is 0.253 e. The zero-order valence-corrected chi connectivity index (χ0v) is 17.2. The third kappa shape index (κ3) is 5.42. The highest BCUT2D eigenvalue weighted by Gasteiger charge is 2.22. The van der Waals surface area contributed by atoms with E-state index in [9.17, 15) is 9.59 Å². The van der Waals surface area contributed by atoms with E-state index in [1.165, 1.54) is 11.1 Å². The van der Waals surface area contributed by atoms with Gasteiger partial charge in [0, 0.05) is 42.6 Å². The average molecular weight is 429 g/mol. The fourth-order valence-electron chi connectivity index (χ4n) is 3.31. The SMILES string of the molecule is Cc1ccc(CCC(=O)N2CCCN(C(=O)c3ccc(Br)cc3)CC2)cc1. The molecule has 0 bridgehead atoms. The molecule has 5 heteroatoms. The molecule has 2 aromatic rings. The summed E-state index contributed by atoms with van der Waals surface area (Å²) in [4.78, 5) is 29.0. The summed E-state index contributed by atoms with van der Waals surface area (Å²) in [6.07, 6.45) is 2.10. The summed E-state index contributed by atoms with van der Waals surface area (Å²) in [5, 5.41) is 0. The number of carbonyl (C=O) groups is 2. The molecule has 0 spiro atoms. The van der Waals surface area contributed by atoms with Gasteiger partial charge >= 0.3 is 0 Å². The fourth-order valence-corrected chi connectivity index (χ4v) is 3.57. The maximum absolute atomic E-state index is 12.7. The second-order valence-electron chi connectivity index (χ2n) is 7.02. The Morgan fingerprint density at radius 2 is 1.52 bits per heavy atom. The normalized spacial score (nSPS) is 14.7. The van der Waals surface area contributed by atoms with Crippen LogP contribution in [0.15, 0.2) is 53.0 Å². The number of aryl methyl sites for hydroxylation is 2. The van der Waals surface area contributed by atoms with Crippen LogP contribution < -0.4 is 0 Å². The van der Waals surface area contributed by atoms with E-state index in [0.29, 0.717) is 31.6 Å². The van der Waals surface area contributed by atoms with Gasteiger partial charge in [0.15, 0.2) is 0 Å². The maximum atomic E-state index is 12.7. The Morgan fingerprint density at radius 3 is 2.22 bits per heavy atom. The lowest BCUT2D eigenvalue weighted by Gasteiger charge is -2.22. The van der Waals surface area contributed by atoms with Crippen molar-refractivity contribution in [3.8, 4) is 0 Å². The summed E-state index contributed by atoms with van der Waals surface area (Å²) < 4.78 is 0.959. The van der Waals surface area contributed by atoms with Crippen molar-refractivity contribution < 1.29 is 9.59 Å². The van der Waals surface area contributed by atoms with Crippen LogP contribution in [0.25, 0.3) is 0 Å². The van der Waals surface area contributed by atoms with Gasteiger partial charge in [-0.3, -0.25) is 9.59 Å². The molecule has 27 heavy (non-hydrogen) atoms. The summed E-state index contributed by atoms with van der Waals surface area (Å²) in [6, 6.07) is 15.8. The Kier molecular flexibility index (Phi) is 6.67. The van der Waals surface area contributed by atoms with Crippen molar-refractivity contribution in [2.24, 2.45) is 0 Å². The number of benzene rings is 2. The Bertz CT molecular complexity index is 787. The van der Waals surface area contributed by atoms with E-state index >= 15 is 0 Å². The van der Waals surface area contributed by atoms with Crippen LogP contribution in [0.5, 0.6) is 0 Å². The van der Waals surface area contributed by atoms with Crippen molar-refractivity contribution >= 4 is 27.7 Å². The minimum Gasteiger partial charge on any atom is -0.341 e. The van der Waals surface area contributed by atoms with Crippen LogP contribution in [0.3, 0.4) is 0 Å². The predicted octanol–water partition coefficient (Wildman–Crippen LogP) is 4.06. The largest absolute Gasteiger partial charge is 0.341 e. The smallest absolute Gasteiger partial charge is 0.253 e. The minimum absolute atomic E-state index is 0.0384. The Labute approximate surface area is 169 Å². The van der Waals surface area contributed by atoms with E-state index in [1.54, 1.807) is 0 Å². The molecule has 1 fully saturated rings. The van der Waals surface area contributed by atoms with E-state index < -0.39 is 0 Å². The molecular formula is C22H25BrN2O2. The van der Waals surface area contributed by atoms with Crippen LogP contribution in [0.2, 0.25) is 0 Å². The van der Waals surface area contributed by atoms with Crippen molar-refractivity contribution in [2.75, 3.05) is 26.2 Å². The van der Waals surface area contributed by atoms with E-state index in [0.717, 1.165) is 23.9 Å². The molecule has 4 nitrogen and oxygen atoms in total. The first-order valence-corrected chi connectivity index (χ1v) is 10.2. The Hall–Kier alpha value is -2.14. The molecule has 1 aliphatic rings. The van der Waals surface area contributed by atoms with Crippen molar-refractivity contribution in [3.05, 3.63) is 69.7 Å². The second kappa shape index (κ2) is 9.18. The summed E-state index contributed by atoms with van der Waals surface area (Å²) >= 11 is 3.39. The molecule has 0 N–H and O–H groups in total. The van der Waals surface area contributed by atoms with Crippen LogP contribution in [0.1, 0.15) is 34.3 Å². The molecule has 1 aliphatic heterocycles. The van der Waals surface area contributed by atoms with Gasteiger partial charge in [0.25, 0.3) is 5.91 Å². The topological polar surface area (TPSA) is 40.6 Å². The number of carbonyl (C=O) groups excluding carboxylic acids is 2. The average Bonchev–Trinajstić information content (AvgIpc) is 2.94. The molecule has 2 amide bonds. The summed E-state index contributed by atoms with van der Waals surface area (Å²) in [7, 11) is 0. The van der Waals surface area contributed by atoms with Gasteiger partial charge in [-0.05, 0) is 49.6 Å². The third-order valence-electron chi connectivity index (χ3n) is 4.98. The van der Waals surface area contributed by atoms with Crippen molar-refractivity contribution in [3.63, 3.8) is 0 Å². The van der Waals surface area contributed by atoms with Gasteiger partial charge in [-0.15, -0.1) is 0 Å². The highest BCUT2D eigenvalue weighted by molar-refractivity contribution is 9.10. The molecule has 0 aromatic heterocycles. The summed E-state index contributed by atoms with van der Waals surface area (Å²) in [5.74, 6) is 0.213. The number of nitrogens with zero attached hydrogens (tertiary/aromatic N) is 2. The van der Waals surface area contributed by atoms with E-state index in [2.05, 4.69) is 47.1 Å². The van der Waals surface area contributed by atoms with Gasteiger partial charge in [-0.25, -0.2) is 0 Å². The monoisotopic (exact) mass is 428 g/mol. The van der Waals surface area contributed by atoms with Crippen LogP contribution in [-0.4, -0.2) is 47.8 Å². The molecule has 0 atom stereocenters. The quantitative estimate of drug-likeness (QED) is 0.736. The molecule has 3 rings (SSSR count). The lowest BCUT2D eigenvalue weighted by Crippen LogP contribution is -2.37. The molecule has 0 aliphatic carbocycles. The number of halogens is 1. The molecule has 0 saturated carbocycles. The van der Waals surface area contributed by atoms with Crippen LogP contribution in [-0.2, 0) is 11.2 Å². The van der Waals surface area contributed by atoms with Gasteiger partial charge in [0.2, 0.25) is 5.91 Å². The lowest BCUT2D eigenvalue weighted by atomic mass is 10.1. The van der Waals surface area contributed by atoms with Gasteiger partial charge in [0.05, 0.1) is 0 Å². The standard InChI is InChI=1S/C22H25BrN2O2/c1-17-3-5-18(6-4-17)7-12-21(26)24-13-2-14-25(16-15-24)22(27)19-8-10-20(23)11-9-19/h3-6,8-11H,2,7,12-16H2,1H3. The number of amides is 2. The van der Waals surface area contributed by atoms with Crippen molar-refractivity contribution in [1.29, 1.82) is 0 Å². The predicted molar refractivity (Wildman–Crippen MR) is 111 cm³/mol. The van der Waals surface area contributed by atoms with Crippen LogP contribution in [0.4, 0.5) is 0 Å². The van der Waals surface area contributed by atoms with Gasteiger partial charge in [-0.2, -0.15) is 0 Å². The van der Waals surface area contributed by atoms with E-state index in [1.807, 2.05) is 34.1 Å². The summed E-state index contributed by atoms with van der Waals surface area (Å²) in [5.41, 5.74) is 3.11. The van der Waals surface area contributed by atoms with Crippen molar-refractivity contribution in [2.45, 2.75) is 26.2 Å². The first-order chi connectivity index (χ1) is 13.0. The first-order valence-electron chi connectivity index (χ1n) is 9.41. The highest BCUT2D eigenvalue weighted by atomic mass is 79.9. The molecular weight excluding hydrogens is 404 g/mol. The number of rotatable bonds is 4.